The van der Waals surface area contributed by atoms with Crippen molar-refractivity contribution in [2.24, 2.45) is 17.3 Å². The number of hydrogen-bond acceptors (Lipinski definition) is 3. The van der Waals surface area contributed by atoms with Crippen LogP contribution in [0.4, 0.5) is 0 Å². The van der Waals surface area contributed by atoms with Gasteiger partial charge >= 0.3 is 0 Å². The van der Waals surface area contributed by atoms with Gasteiger partial charge in [-0.25, -0.2) is 0 Å². The van der Waals surface area contributed by atoms with Gasteiger partial charge in [0, 0.05) is 38.5 Å². The highest BCUT2D eigenvalue weighted by atomic mass is 16.2. The monoisotopic (exact) mass is 335 g/mol. The molecule has 24 heavy (non-hydrogen) atoms. The molecule has 2 amide bonds. The smallest absolute Gasteiger partial charge is 0.226 e. The lowest BCUT2D eigenvalue weighted by Crippen LogP contribution is -2.45. The molecule has 136 valence electrons. The molecule has 0 aromatic heterocycles. The van der Waals surface area contributed by atoms with Gasteiger partial charge in [-0.2, -0.15) is 0 Å². The minimum atomic E-state index is 0.114. The van der Waals surface area contributed by atoms with E-state index in [1.54, 1.807) is 0 Å². The fraction of sp³-hybridized carbons (Fsp3) is 0.895. The van der Waals surface area contributed by atoms with Crippen LogP contribution < -0.4 is 5.32 Å². The zero-order valence-electron chi connectivity index (χ0n) is 15.4. The van der Waals surface area contributed by atoms with Crippen molar-refractivity contribution in [3.8, 4) is 0 Å². The van der Waals surface area contributed by atoms with Crippen LogP contribution in [-0.2, 0) is 9.59 Å². The number of nitrogens with one attached hydrogen (secondary N) is 1. The molecule has 3 rings (SSSR count). The summed E-state index contributed by atoms with van der Waals surface area (Å²) in [5.41, 5.74) is 0.315. The second kappa shape index (κ2) is 7.42. The molecule has 5 nitrogen and oxygen atoms in total. The van der Waals surface area contributed by atoms with Crippen LogP contribution in [0, 0.1) is 17.3 Å². The first-order chi connectivity index (χ1) is 11.6. The van der Waals surface area contributed by atoms with Crippen molar-refractivity contribution < 1.29 is 9.59 Å². The molecule has 2 aliphatic heterocycles. The molecule has 0 aromatic carbocycles. The number of nitrogens with zero attached hydrogens (tertiary/aromatic N) is 2. The Morgan fingerprint density at radius 2 is 1.88 bits per heavy atom. The quantitative estimate of drug-likeness (QED) is 0.834. The highest BCUT2D eigenvalue weighted by Crippen LogP contribution is 2.59. The lowest BCUT2D eigenvalue weighted by Gasteiger charge is -2.34. The lowest BCUT2D eigenvalue weighted by molar-refractivity contribution is -0.141. The summed E-state index contributed by atoms with van der Waals surface area (Å²) in [4.78, 5) is 29.2. The molecule has 1 saturated carbocycles. The van der Waals surface area contributed by atoms with Gasteiger partial charge in [0.25, 0.3) is 0 Å². The number of hydrogen-bond donors (Lipinski definition) is 1. The molecule has 2 heterocycles. The summed E-state index contributed by atoms with van der Waals surface area (Å²) < 4.78 is 0. The molecule has 1 aliphatic carbocycles. The molecule has 3 fully saturated rings. The zero-order chi connectivity index (χ0) is 17.2. The largest absolute Gasteiger partial charge is 0.346 e. The Kier molecular flexibility index (Phi) is 5.48. The molecular weight excluding hydrogens is 302 g/mol. The van der Waals surface area contributed by atoms with Crippen molar-refractivity contribution in [1.29, 1.82) is 0 Å². The highest BCUT2D eigenvalue weighted by molar-refractivity contribution is 5.83. The predicted octanol–water partition coefficient (Wildman–Crippen LogP) is 1.87. The van der Waals surface area contributed by atoms with Crippen molar-refractivity contribution in [2.45, 2.75) is 51.9 Å². The molecular formula is C19H33N3O2. The Morgan fingerprint density at radius 1 is 1.21 bits per heavy atom. The van der Waals surface area contributed by atoms with E-state index in [1.165, 1.54) is 0 Å². The van der Waals surface area contributed by atoms with E-state index in [2.05, 4.69) is 12.2 Å². The van der Waals surface area contributed by atoms with Gasteiger partial charge in [-0.05, 0) is 57.0 Å². The van der Waals surface area contributed by atoms with Gasteiger partial charge in [-0.15, -0.1) is 0 Å². The first kappa shape index (κ1) is 17.7. The maximum Gasteiger partial charge on any atom is 0.226 e. The van der Waals surface area contributed by atoms with E-state index in [1.807, 2.05) is 16.8 Å². The minimum absolute atomic E-state index is 0.114. The third-order valence-corrected chi connectivity index (χ3v) is 6.47. The Bertz CT molecular complexity index is 465. The van der Waals surface area contributed by atoms with Gasteiger partial charge < -0.3 is 15.1 Å². The summed E-state index contributed by atoms with van der Waals surface area (Å²) in [5, 5.41) is 3.40. The van der Waals surface area contributed by atoms with Gasteiger partial charge in [0.15, 0.2) is 0 Å². The summed E-state index contributed by atoms with van der Waals surface area (Å²) in [7, 11) is 1.92. The fourth-order valence-corrected chi connectivity index (χ4v) is 4.56. The van der Waals surface area contributed by atoms with Gasteiger partial charge in [0.2, 0.25) is 11.8 Å². The topological polar surface area (TPSA) is 52.7 Å². The molecule has 5 heteroatoms. The minimum Gasteiger partial charge on any atom is -0.346 e. The van der Waals surface area contributed by atoms with Crippen LogP contribution in [0.25, 0.3) is 0 Å². The SMILES string of the molecule is CCCCN(C)C(=O)C1CCN(C(=O)C2CC23CCNCC3)CC1. The molecule has 3 aliphatic rings. The van der Waals surface area contributed by atoms with Gasteiger partial charge in [0.05, 0.1) is 0 Å². The van der Waals surface area contributed by atoms with E-state index < -0.39 is 0 Å². The van der Waals surface area contributed by atoms with E-state index in [0.717, 1.165) is 77.7 Å². The number of carbonyl (C=O) groups excluding carboxylic acids is 2. The van der Waals surface area contributed by atoms with Crippen molar-refractivity contribution in [2.75, 3.05) is 39.8 Å². The number of unbranched alkanes of at least 4 members (excludes halogenated alkanes) is 1. The molecule has 0 aromatic rings. The summed E-state index contributed by atoms with van der Waals surface area (Å²) in [6.07, 6.45) is 7.25. The van der Waals surface area contributed by atoms with Gasteiger partial charge in [0.1, 0.15) is 0 Å². The summed E-state index contributed by atoms with van der Waals surface area (Å²) in [6.45, 7) is 6.65. The van der Waals surface area contributed by atoms with Crippen molar-refractivity contribution in [3.05, 3.63) is 0 Å². The van der Waals surface area contributed by atoms with Gasteiger partial charge in [-0.1, -0.05) is 13.3 Å². The van der Waals surface area contributed by atoms with E-state index in [0.29, 0.717) is 11.3 Å². The van der Waals surface area contributed by atoms with Crippen LogP contribution >= 0.6 is 0 Å². The highest BCUT2D eigenvalue weighted by Gasteiger charge is 2.58. The third-order valence-electron chi connectivity index (χ3n) is 6.47. The van der Waals surface area contributed by atoms with Crippen LogP contribution in [-0.4, -0.2) is 61.4 Å². The Labute approximate surface area is 146 Å². The van der Waals surface area contributed by atoms with Crippen LogP contribution in [0.15, 0.2) is 0 Å². The lowest BCUT2D eigenvalue weighted by atomic mass is 9.90. The molecule has 1 unspecified atom stereocenters. The summed E-state index contributed by atoms with van der Waals surface area (Å²) >= 11 is 0. The van der Waals surface area contributed by atoms with Gasteiger partial charge in [-0.3, -0.25) is 9.59 Å². The zero-order valence-corrected chi connectivity index (χ0v) is 15.4. The standard InChI is InChI=1S/C19H33N3O2/c1-3-4-11-21(2)17(23)15-5-12-22(13-6-15)18(24)16-14-19(16)7-9-20-10-8-19/h15-16,20H,3-14H2,1-2H3. The number of carbonyl (C=O) groups is 2. The second-order valence-corrected chi connectivity index (χ2v) is 8.08. The van der Waals surface area contributed by atoms with Crippen LogP contribution in [0.5, 0.6) is 0 Å². The van der Waals surface area contributed by atoms with Crippen LogP contribution in [0.2, 0.25) is 0 Å². The van der Waals surface area contributed by atoms with Crippen molar-refractivity contribution in [3.63, 3.8) is 0 Å². The first-order valence-electron chi connectivity index (χ1n) is 9.82. The maximum atomic E-state index is 12.8. The molecule has 1 spiro atoms. The van der Waals surface area contributed by atoms with Crippen LogP contribution in [0.3, 0.4) is 0 Å². The third kappa shape index (κ3) is 3.61. The first-order valence-corrected chi connectivity index (χ1v) is 9.82. The molecule has 0 radical (unpaired) electrons. The Balaban J connectivity index is 1.45. The number of rotatable bonds is 5. The number of likely N-dealkylation sites (tertiary alicyclic amines) is 1. The second-order valence-electron chi connectivity index (χ2n) is 8.08. The van der Waals surface area contributed by atoms with Crippen LogP contribution in [0.1, 0.15) is 51.9 Å². The molecule has 1 atom stereocenters. The van der Waals surface area contributed by atoms with E-state index in [-0.39, 0.29) is 17.7 Å². The maximum absolute atomic E-state index is 12.8. The van der Waals surface area contributed by atoms with Crippen molar-refractivity contribution in [1.82, 2.24) is 15.1 Å². The Morgan fingerprint density at radius 3 is 2.50 bits per heavy atom. The number of amides is 2. The molecule has 0 bridgehead atoms. The predicted molar refractivity (Wildman–Crippen MR) is 94.5 cm³/mol. The average molecular weight is 335 g/mol. The summed E-state index contributed by atoms with van der Waals surface area (Å²) in [5.74, 6) is 1.01. The fourth-order valence-electron chi connectivity index (χ4n) is 4.56. The Hall–Kier alpha value is -1.10. The van der Waals surface area contributed by atoms with E-state index in [4.69, 9.17) is 0 Å². The molecule has 2 saturated heterocycles. The average Bonchev–Trinajstić information content (AvgIpc) is 3.31. The van der Waals surface area contributed by atoms with E-state index >= 15 is 0 Å². The summed E-state index contributed by atoms with van der Waals surface area (Å²) in [6, 6.07) is 0. The van der Waals surface area contributed by atoms with E-state index in [9.17, 15) is 9.59 Å². The number of piperidine rings is 2. The molecule has 1 N–H and O–H groups in total. The normalized spacial score (nSPS) is 26.4. The van der Waals surface area contributed by atoms with Crippen molar-refractivity contribution >= 4 is 11.8 Å².